The molecule has 0 unspecified atom stereocenters. The van der Waals surface area contributed by atoms with Gasteiger partial charge in [0.15, 0.2) is 0 Å². The van der Waals surface area contributed by atoms with Gasteiger partial charge >= 0.3 is 6.03 Å². The molecule has 2 rings (SSSR count). The average molecular weight is 255 g/mol. The molecular formula is C12H21N3O3. The van der Waals surface area contributed by atoms with Crippen LogP contribution >= 0.6 is 0 Å². The maximum absolute atomic E-state index is 12.0. The van der Waals surface area contributed by atoms with Crippen LogP contribution in [0.5, 0.6) is 0 Å². The van der Waals surface area contributed by atoms with Crippen molar-refractivity contribution in [1.29, 1.82) is 0 Å². The average Bonchev–Trinajstić information content (AvgIpc) is 2.90. The monoisotopic (exact) mass is 255 g/mol. The van der Waals surface area contributed by atoms with Crippen LogP contribution in [0, 0.1) is 5.92 Å². The number of nitrogens with two attached hydrogens (primary N) is 1. The van der Waals surface area contributed by atoms with Gasteiger partial charge in [-0.05, 0) is 31.6 Å². The summed E-state index contributed by atoms with van der Waals surface area (Å²) in [5.74, 6) is -0.350. The second kappa shape index (κ2) is 6.04. The molecule has 0 aromatic rings. The molecule has 6 nitrogen and oxygen atoms in total. The zero-order chi connectivity index (χ0) is 13.0. The highest BCUT2D eigenvalue weighted by molar-refractivity contribution is 5.86. The zero-order valence-corrected chi connectivity index (χ0v) is 10.6. The molecule has 0 aromatic heterocycles. The van der Waals surface area contributed by atoms with Crippen LogP contribution in [-0.2, 0) is 9.53 Å². The first kappa shape index (κ1) is 13.1. The number of rotatable bonds is 3. The Kier molecular flexibility index (Phi) is 4.41. The second-order valence-corrected chi connectivity index (χ2v) is 4.97. The molecule has 6 heteroatoms. The van der Waals surface area contributed by atoms with Crippen LogP contribution in [0.4, 0.5) is 4.79 Å². The van der Waals surface area contributed by atoms with Gasteiger partial charge in [0.2, 0.25) is 5.91 Å². The van der Waals surface area contributed by atoms with E-state index in [9.17, 15) is 9.59 Å². The second-order valence-electron chi connectivity index (χ2n) is 4.97. The van der Waals surface area contributed by atoms with Crippen molar-refractivity contribution in [3.8, 4) is 0 Å². The quantitative estimate of drug-likeness (QED) is 0.748. The largest absolute Gasteiger partial charge is 0.381 e. The molecule has 2 saturated heterocycles. The molecule has 18 heavy (non-hydrogen) atoms. The Morgan fingerprint density at radius 1 is 1.22 bits per heavy atom. The first-order valence-electron chi connectivity index (χ1n) is 6.61. The zero-order valence-electron chi connectivity index (χ0n) is 10.6. The molecular weight excluding hydrogens is 234 g/mol. The molecule has 2 aliphatic heterocycles. The Hall–Kier alpha value is -1.30. The van der Waals surface area contributed by atoms with Gasteiger partial charge in [0.05, 0.1) is 0 Å². The lowest BCUT2D eigenvalue weighted by Crippen LogP contribution is -2.53. The minimum Gasteiger partial charge on any atom is -0.381 e. The van der Waals surface area contributed by atoms with Crippen molar-refractivity contribution in [3.63, 3.8) is 0 Å². The van der Waals surface area contributed by atoms with Crippen LogP contribution in [0.25, 0.3) is 0 Å². The van der Waals surface area contributed by atoms with E-state index in [0.717, 1.165) is 38.8 Å². The number of nitrogens with one attached hydrogen (secondary N) is 1. The van der Waals surface area contributed by atoms with Gasteiger partial charge in [-0.15, -0.1) is 0 Å². The van der Waals surface area contributed by atoms with Crippen LogP contribution in [0.2, 0.25) is 0 Å². The first-order valence-corrected chi connectivity index (χ1v) is 6.61. The lowest BCUT2D eigenvalue weighted by Gasteiger charge is -2.30. The molecule has 0 aromatic carbocycles. The molecule has 0 aliphatic carbocycles. The van der Waals surface area contributed by atoms with Gasteiger partial charge in [0.25, 0.3) is 0 Å². The molecule has 0 spiro atoms. The van der Waals surface area contributed by atoms with Crippen LogP contribution < -0.4 is 11.1 Å². The topological polar surface area (TPSA) is 84.7 Å². The van der Waals surface area contributed by atoms with Gasteiger partial charge in [-0.25, -0.2) is 4.79 Å². The molecule has 3 amide bonds. The summed E-state index contributed by atoms with van der Waals surface area (Å²) in [5.41, 5.74) is 5.40. The fraction of sp³-hybridized carbons (Fsp3) is 0.833. The summed E-state index contributed by atoms with van der Waals surface area (Å²) in [6, 6.07) is -0.732. The number of primary amides is 1. The number of amides is 3. The van der Waals surface area contributed by atoms with Gasteiger partial charge in [0.1, 0.15) is 6.04 Å². The van der Waals surface area contributed by atoms with E-state index < -0.39 is 11.9 Å². The van der Waals surface area contributed by atoms with Crippen molar-refractivity contribution >= 4 is 11.9 Å². The highest BCUT2D eigenvalue weighted by atomic mass is 16.5. The standard InChI is InChI=1S/C12H21N3O3/c13-11(16)10(9-3-7-18-8-4-9)14-12(17)15-5-1-2-6-15/h9-10H,1-8H2,(H2,13,16)(H,14,17)/t10-/m0/s1. The van der Waals surface area contributed by atoms with E-state index in [1.807, 2.05) is 0 Å². The first-order chi connectivity index (χ1) is 8.68. The number of carbonyl (C=O) groups is 2. The maximum Gasteiger partial charge on any atom is 0.318 e. The smallest absolute Gasteiger partial charge is 0.318 e. The molecule has 1 atom stereocenters. The minimum absolute atomic E-state index is 0.0998. The fourth-order valence-electron chi connectivity index (χ4n) is 2.61. The molecule has 2 aliphatic rings. The van der Waals surface area contributed by atoms with Gasteiger partial charge in [0, 0.05) is 26.3 Å². The van der Waals surface area contributed by atoms with E-state index in [1.54, 1.807) is 4.90 Å². The number of hydrogen-bond acceptors (Lipinski definition) is 3. The summed E-state index contributed by atoms with van der Waals surface area (Å²) in [5, 5.41) is 2.78. The third-order valence-corrected chi connectivity index (χ3v) is 3.72. The Balaban J connectivity index is 1.92. The SMILES string of the molecule is NC(=O)[C@@H](NC(=O)N1CCCC1)C1CCOCC1. The van der Waals surface area contributed by atoms with Crippen molar-refractivity contribution in [2.45, 2.75) is 31.7 Å². The van der Waals surface area contributed by atoms with Crippen LogP contribution in [0.1, 0.15) is 25.7 Å². The minimum atomic E-state index is -0.568. The summed E-state index contributed by atoms with van der Waals surface area (Å²) < 4.78 is 5.26. The van der Waals surface area contributed by atoms with Crippen LogP contribution in [0.15, 0.2) is 0 Å². The van der Waals surface area contributed by atoms with Crippen molar-refractivity contribution in [1.82, 2.24) is 10.2 Å². The maximum atomic E-state index is 12.0. The van der Waals surface area contributed by atoms with Gasteiger partial charge < -0.3 is 20.7 Å². The number of ether oxygens (including phenoxy) is 1. The Labute approximate surface area is 107 Å². The predicted octanol–water partition coefficient (Wildman–Crippen LogP) is 0.0723. The van der Waals surface area contributed by atoms with Crippen molar-refractivity contribution in [2.24, 2.45) is 11.7 Å². The van der Waals surface area contributed by atoms with Gasteiger partial charge in [-0.2, -0.15) is 0 Å². The van der Waals surface area contributed by atoms with E-state index in [2.05, 4.69) is 5.32 Å². The molecule has 0 saturated carbocycles. The summed E-state index contributed by atoms with van der Waals surface area (Å²) >= 11 is 0. The number of nitrogens with zero attached hydrogens (tertiary/aromatic N) is 1. The summed E-state index contributed by atoms with van der Waals surface area (Å²) in [7, 11) is 0. The highest BCUT2D eigenvalue weighted by Crippen LogP contribution is 2.19. The molecule has 0 bridgehead atoms. The summed E-state index contributed by atoms with van der Waals surface area (Å²) in [6.45, 7) is 2.80. The fourth-order valence-corrected chi connectivity index (χ4v) is 2.61. The van der Waals surface area contributed by atoms with E-state index in [-0.39, 0.29) is 11.9 Å². The molecule has 102 valence electrons. The summed E-state index contributed by atoms with van der Waals surface area (Å²) in [4.78, 5) is 25.2. The van der Waals surface area contributed by atoms with E-state index in [4.69, 9.17) is 10.5 Å². The normalized spacial score (nSPS) is 22.8. The summed E-state index contributed by atoms with van der Waals surface area (Å²) in [6.07, 6.45) is 3.61. The van der Waals surface area contributed by atoms with Gasteiger partial charge in [-0.1, -0.05) is 0 Å². The predicted molar refractivity (Wildman–Crippen MR) is 65.9 cm³/mol. The third-order valence-electron chi connectivity index (χ3n) is 3.72. The number of urea groups is 1. The van der Waals surface area contributed by atoms with E-state index in [1.165, 1.54) is 0 Å². The van der Waals surface area contributed by atoms with Crippen LogP contribution in [0.3, 0.4) is 0 Å². The molecule has 3 N–H and O–H groups in total. The van der Waals surface area contributed by atoms with Crippen LogP contribution in [-0.4, -0.2) is 49.2 Å². The Bertz CT molecular complexity index is 310. The Morgan fingerprint density at radius 2 is 1.83 bits per heavy atom. The van der Waals surface area contributed by atoms with E-state index in [0.29, 0.717) is 13.2 Å². The Morgan fingerprint density at radius 3 is 2.39 bits per heavy atom. The van der Waals surface area contributed by atoms with Crippen molar-refractivity contribution in [2.75, 3.05) is 26.3 Å². The third kappa shape index (κ3) is 3.13. The molecule has 2 fully saturated rings. The lowest BCUT2D eigenvalue weighted by molar-refractivity contribution is -0.122. The number of hydrogen-bond donors (Lipinski definition) is 2. The van der Waals surface area contributed by atoms with Gasteiger partial charge in [-0.3, -0.25) is 4.79 Å². The lowest BCUT2D eigenvalue weighted by atomic mass is 9.91. The highest BCUT2D eigenvalue weighted by Gasteiger charge is 2.31. The molecule has 0 radical (unpaired) electrons. The van der Waals surface area contributed by atoms with Crippen molar-refractivity contribution in [3.05, 3.63) is 0 Å². The van der Waals surface area contributed by atoms with E-state index >= 15 is 0 Å². The molecule has 2 heterocycles. The van der Waals surface area contributed by atoms with Crippen molar-refractivity contribution < 1.29 is 14.3 Å². The number of likely N-dealkylation sites (tertiary alicyclic amines) is 1. The number of carbonyl (C=O) groups excluding carboxylic acids is 2.